The van der Waals surface area contributed by atoms with Crippen LogP contribution in [0.4, 0.5) is 5.82 Å². The van der Waals surface area contributed by atoms with Crippen LogP contribution in [0, 0.1) is 6.92 Å². The fraction of sp³-hybridized carbons (Fsp3) is 0.500. The van der Waals surface area contributed by atoms with Gasteiger partial charge in [0.25, 0.3) is 0 Å². The van der Waals surface area contributed by atoms with E-state index in [1.165, 1.54) is 5.56 Å². The monoisotopic (exact) mass is 320 g/mol. The van der Waals surface area contributed by atoms with Crippen LogP contribution in [-0.2, 0) is 0 Å². The zero-order valence-electron chi connectivity index (χ0n) is 8.43. The zero-order valence-corrected chi connectivity index (χ0v) is 11.6. The molecule has 0 saturated carbocycles. The molecule has 0 atom stereocenters. The maximum absolute atomic E-state index is 4.43. The first-order valence-electron chi connectivity index (χ1n) is 4.62. The molecule has 0 aromatic carbocycles. The Morgan fingerprint density at radius 1 is 1.50 bits per heavy atom. The van der Waals surface area contributed by atoms with E-state index in [0.29, 0.717) is 0 Å². The molecule has 0 radical (unpaired) electrons. The van der Waals surface area contributed by atoms with Crippen molar-refractivity contribution in [2.45, 2.75) is 13.8 Å². The summed E-state index contributed by atoms with van der Waals surface area (Å²) in [4.78, 5) is 6.66. The molecule has 1 rings (SSSR count). The Kier molecular flexibility index (Phi) is 4.89. The van der Waals surface area contributed by atoms with Crippen LogP contribution in [0.5, 0.6) is 0 Å². The van der Waals surface area contributed by atoms with Gasteiger partial charge in [-0.2, -0.15) is 0 Å². The molecule has 1 aromatic heterocycles. The van der Waals surface area contributed by atoms with Crippen molar-refractivity contribution >= 4 is 37.7 Å². The molecule has 2 nitrogen and oxygen atoms in total. The van der Waals surface area contributed by atoms with Gasteiger partial charge in [0.15, 0.2) is 0 Å². The first kappa shape index (κ1) is 12.0. The molecule has 0 N–H and O–H groups in total. The van der Waals surface area contributed by atoms with Crippen molar-refractivity contribution in [2.24, 2.45) is 0 Å². The van der Waals surface area contributed by atoms with Crippen molar-refractivity contribution in [3.05, 3.63) is 22.3 Å². The van der Waals surface area contributed by atoms with Gasteiger partial charge in [0.2, 0.25) is 0 Å². The lowest BCUT2D eigenvalue weighted by Gasteiger charge is -2.22. The van der Waals surface area contributed by atoms with Gasteiger partial charge in [-0.05, 0) is 41.4 Å². The van der Waals surface area contributed by atoms with Crippen LogP contribution in [-0.4, -0.2) is 23.4 Å². The number of hydrogen-bond donors (Lipinski definition) is 0. The van der Waals surface area contributed by atoms with Crippen LogP contribution in [0.2, 0.25) is 0 Å². The van der Waals surface area contributed by atoms with Crippen molar-refractivity contribution in [1.29, 1.82) is 0 Å². The maximum Gasteiger partial charge on any atom is 0.142 e. The van der Waals surface area contributed by atoms with Crippen molar-refractivity contribution in [2.75, 3.05) is 23.3 Å². The number of hydrogen-bond acceptors (Lipinski definition) is 2. The molecule has 0 aliphatic heterocycles. The van der Waals surface area contributed by atoms with Gasteiger partial charge in [0.05, 0.1) is 4.47 Å². The van der Waals surface area contributed by atoms with Gasteiger partial charge in [-0.25, -0.2) is 4.98 Å². The van der Waals surface area contributed by atoms with E-state index < -0.39 is 0 Å². The molecule has 0 aliphatic rings. The van der Waals surface area contributed by atoms with Crippen molar-refractivity contribution in [3.8, 4) is 0 Å². The van der Waals surface area contributed by atoms with Gasteiger partial charge in [-0.15, -0.1) is 0 Å². The van der Waals surface area contributed by atoms with Gasteiger partial charge < -0.3 is 4.90 Å². The standard InChI is InChI=1S/C10H14Br2N2/c1-3-14(5-4-11)10-9(12)6-8(2)7-13-10/h6-7H,3-5H2,1-2H3. The second kappa shape index (κ2) is 5.71. The van der Waals surface area contributed by atoms with E-state index in [2.05, 4.69) is 54.7 Å². The lowest BCUT2D eigenvalue weighted by Crippen LogP contribution is -2.26. The Bertz CT molecular complexity index is 302. The third-order valence-electron chi connectivity index (χ3n) is 1.99. The van der Waals surface area contributed by atoms with Gasteiger partial charge in [-0.3, -0.25) is 0 Å². The second-order valence-corrected chi connectivity index (χ2v) is 4.73. The first-order chi connectivity index (χ1) is 6.69. The Hall–Kier alpha value is -0.0900. The van der Waals surface area contributed by atoms with Gasteiger partial charge in [0, 0.05) is 24.6 Å². The Balaban J connectivity index is 2.92. The van der Waals surface area contributed by atoms with Crippen LogP contribution in [0.3, 0.4) is 0 Å². The molecule has 0 aliphatic carbocycles. The molecule has 0 saturated heterocycles. The smallest absolute Gasteiger partial charge is 0.142 e. The molecule has 0 fully saturated rings. The molecule has 14 heavy (non-hydrogen) atoms. The predicted octanol–water partition coefficient (Wildman–Crippen LogP) is 3.37. The van der Waals surface area contributed by atoms with Crippen LogP contribution in [0.1, 0.15) is 12.5 Å². The van der Waals surface area contributed by atoms with E-state index in [-0.39, 0.29) is 0 Å². The number of pyridine rings is 1. The fourth-order valence-corrected chi connectivity index (χ4v) is 2.42. The SMILES string of the molecule is CCN(CCBr)c1ncc(C)cc1Br. The van der Waals surface area contributed by atoms with E-state index in [4.69, 9.17) is 0 Å². The third-order valence-corrected chi connectivity index (χ3v) is 2.93. The number of rotatable bonds is 4. The summed E-state index contributed by atoms with van der Waals surface area (Å²) in [6.45, 7) is 6.13. The van der Waals surface area contributed by atoms with Crippen LogP contribution < -0.4 is 4.90 Å². The summed E-state index contributed by atoms with van der Waals surface area (Å²) in [7, 11) is 0. The topological polar surface area (TPSA) is 16.1 Å². The highest BCUT2D eigenvalue weighted by molar-refractivity contribution is 9.10. The number of nitrogens with zero attached hydrogens (tertiary/aromatic N) is 2. The molecule has 4 heteroatoms. The Morgan fingerprint density at radius 3 is 2.71 bits per heavy atom. The summed E-state index contributed by atoms with van der Waals surface area (Å²) < 4.78 is 1.07. The molecule has 0 amide bonds. The van der Waals surface area contributed by atoms with E-state index in [0.717, 1.165) is 28.7 Å². The predicted molar refractivity (Wildman–Crippen MR) is 68.4 cm³/mol. The van der Waals surface area contributed by atoms with Crippen LogP contribution >= 0.6 is 31.9 Å². The van der Waals surface area contributed by atoms with Crippen LogP contribution in [0.25, 0.3) is 0 Å². The number of halogens is 2. The number of anilines is 1. The highest BCUT2D eigenvalue weighted by atomic mass is 79.9. The molecule has 1 aromatic rings. The quantitative estimate of drug-likeness (QED) is 0.790. The third kappa shape index (κ3) is 2.95. The van der Waals surface area contributed by atoms with E-state index in [9.17, 15) is 0 Å². The normalized spacial score (nSPS) is 10.3. The van der Waals surface area contributed by atoms with Crippen molar-refractivity contribution < 1.29 is 0 Å². The summed E-state index contributed by atoms with van der Waals surface area (Å²) in [6.07, 6.45) is 1.90. The second-order valence-electron chi connectivity index (χ2n) is 3.09. The Labute approximate surface area is 102 Å². The van der Waals surface area contributed by atoms with Gasteiger partial charge in [-0.1, -0.05) is 15.9 Å². The summed E-state index contributed by atoms with van der Waals surface area (Å²) in [5, 5.41) is 0.961. The van der Waals surface area contributed by atoms with Crippen LogP contribution in [0.15, 0.2) is 16.7 Å². The summed E-state index contributed by atoms with van der Waals surface area (Å²) in [6, 6.07) is 2.10. The Morgan fingerprint density at radius 2 is 2.21 bits per heavy atom. The highest BCUT2D eigenvalue weighted by Gasteiger charge is 2.08. The number of alkyl halides is 1. The lowest BCUT2D eigenvalue weighted by atomic mass is 10.3. The van der Waals surface area contributed by atoms with Gasteiger partial charge in [0.1, 0.15) is 5.82 Å². The molecule has 0 bridgehead atoms. The molecular formula is C10H14Br2N2. The minimum Gasteiger partial charge on any atom is -0.355 e. The number of aromatic nitrogens is 1. The van der Waals surface area contributed by atoms with Crippen molar-refractivity contribution in [1.82, 2.24) is 4.98 Å². The molecule has 1 heterocycles. The zero-order chi connectivity index (χ0) is 10.6. The maximum atomic E-state index is 4.43. The minimum atomic E-state index is 0.961. The lowest BCUT2D eigenvalue weighted by molar-refractivity contribution is 0.850. The van der Waals surface area contributed by atoms with Gasteiger partial charge >= 0.3 is 0 Å². The van der Waals surface area contributed by atoms with E-state index >= 15 is 0 Å². The average Bonchev–Trinajstić information content (AvgIpc) is 2.15. The summed E-state index contributed by atoms with van der Waals surface area (Å²) in [5.41, 5.74) is 1.18. The largest absolute Gasteiger partial charge is 0.355 e. The summed E-state index contributed by atoms with van der Waals surface area (Å²) >= 11 is 6.98. The molecule has 78 valence electrons. The molecular weight excluding hydrogens is 308 g/mol. The van der Waals surface area contributed by atoms with E-state index in [1.807, 2.05) is 13.1 Å². The van der Waals surface area contributed by atoms with E-state index in [1.54, 1.807) is 0 Å². The number of aryl methyl sites for hydroxylation is 1. The molecule has 0 unspecified atom stereocenters. The van der Waals surface area contributed by atoms with Crippen molar-refractivity contribution in [3.63, 3.8) is 0 Å². The fourth-order valence-electron chi connectivity index (χ4n) is 1.27. The summed E-state index contributed by atoms with van der Waals surface area (Å²) in [5.74, 6) is 1.03. The first-order valence-corrected chi connectivity index (χ1v) is 6.53. The molecule has 0 spiro atoms. The highest BCUT2D eigenvalue weighted by Crippen LogP contribution is 2.24. The average molecular weight is 322 g/mol. The minimum absolute atomic E-state index is 0.961.